The predicted octanol–water partition coefficient (Wildman–Crippen LogP) is 2.01. The number of H-pyrrole nitrogens is 1. The normalized spacial score (nSPS) is 11.5. The van der Waals surface area contributed by atoms with Crippen LogP contribution in [0.5, 0.6) is 0 Å². The van der Waals surface area contributed by atoms with Crippen molar-refractivity contribution in [3.05, 3.63) is 36.0 Å². The Kier molecular flexibility index (Phi) is 4.18. The Morgan fingerprint density at radius 2 is 2.24 bits per heavy atom. The van der Waals surface area contributed by atoms with Crippen LogP contribution >= 0.6 is 0 Å². The Morgan fingerprint density at radius 1 is 1.35 bits per heavy atom. The summed E-state index contributed by atoms with van der Waals surface area (Å²) in [5.41, 5.74) is 2.48. The van der Waals surface area contributed by atoms with E-state index in [9.17, 15) is 0 Å². The van der Waals surface area contributed by atoms with Gasteiger partial charge >= 0.3 is 0 Å². The van der Waals surface area contributed by atoms with E-state index in [1.807, 2.05) is 6.20 Å². The molecule has 2 aromatic rings. The molecule has 0 amide bonds. The molecule has 0 aliphatic rings. The fourth-order valence-corrected chi connectivity index (χ4v) is 1.89. The van der Waals surface area contributed by atoms with Crippen LogP contribution in [0.25, 0.3) is 10.9 Å². The highest BCUT2D eigenvalue weighted by molar-refractivity contribution is 5.79. The number of aromatic amines is 1. The number of fused-ring (bicyclic) bond motifs is 1. The van der Waals surface area contributed by atoms with Crippen LogP contribution in [-0.2, 0) is 6.54 Å². The van der Waals surface area contributed by atoms with Crippen LogP contribution in [0.1, 0.15) is 12.0 Å². The molecule has 3 nitrogen and oxygen atoms in total. The van der Waals surface area contributed by atoms with E-state index < -0.39 is 0 Å². The summed E-state index contributed by atoms with van der Waals surface area (Å²) in [4.78, 5) is 5.40. The van der Waals surface area contributed by atoms with Crippen molar-refractivity contribution in [3.8, 4) is 0 Å². The maximum absolute atomic E-state index is 3.46. The average molecular weight is 230 g/mol. The molecule has 1 radical (unpaired) electrons. The van der Waals surface area contributed by atoms with Crippen molar-refractivity contribution in [3.63, 3.8) is 0 Å². The molecule has 1 aromatic heterocycles. The molecule has 17 heavy (non-hydrogen) atoms. The zero-order chi connectivity index (χ0) is 12.1. The van der Waals surface area contributed by atoms with E-state index >= 15 is 0 Å². The molecule has 3 heteroatoms. The third kappa shape index (κ3) is 3.58. The van der Waals surface area contributed by atoms with Gasteiger partial charge in [-0.25, -0.2) is 0 Å². The van der Waals surface area contributed by atoms with Crippen molar-refractivity contribution in [2.75, 3.05) is 27.2 Å². The molecule has 0 fully saturated rings. The minimum absolute atomic E-state index is 0.933. The molecule has 2 rings (SSSR count). The van der Waals surface area contributed by atoms with Crippen LogP contribution in [0.15, 0.2) is 24.4 Å². The molecule has 1 heterocycles. The summed E-state index contributed by atoms with van der Waals surface area (Å²) in [6, 6.07) is 9.61. The second kappa shape index (κ2) is 5.84. The first kappa shape index (κ1) is 12.1. The van der Waals surface area contributed by atoms with Gasteiger partial charge in [-0.1, -0.05) is 12.1 Å². The first-order valence-corrected chi connectivity index (χ1v) is 6.09. The first-order chi connectivity index (χ1) is 8.25. The molecule has 0 saturated carbocycles. The SMILES string of the molecule is CN(C)CCCNCc1ccc2[c]c[nH]c2c1. The van der Waals surface area contributed by atoms with Gasteiger partial charge in [-0.2, -0.15) is 0 Å². The lowest BCUT2D eigenvalue weighted by molar-refractivity contribution is 0.394. The molecule has 0 unspecified atom stereocenters. The number of hydrogen-bond acceptors (Lipinski definition) is 2. The van der Waals surface area contributed by atoms with Gasteiger partial charge in [-0.05, 0) is 45.2 Å². The van der Waals surface area contributed by atoms with Crippen LogP contribution in [0.2, 0.25) is 0 Å². The topological polar surface area (TPSA) is 31.1 Å². The number of aromatic nitrogens is 1. The van der Waals surface area contributed by atoms with E-state index in [2.05, 4.69) is 53.6 Å². The molecule has 0 aliphatic carbocycles. The molecular weight excluding hydrogens is 210 g/mol. The van der Waals surface area contributed by atoms with Gasteiger partial charge in [0.1, 0.15) is 0 Å². The summed E-state index contributed by atoms with van der Waals surface area (Å²) < 4.78 is 0. The lowest BCUT2D eigenvalue weighted by Crippen LogP contribution is -2.20. The van der Waals surface area contributed by atoms with E-state index in [0.717, 1.165) is 30.5 Å². The summed E-state index contributed by atoms with van der Waals surface area (Å²) in [5.74, 6) is 0. The summed E-state index contributed by atoms with van der Waals surface area (Å²) in [6.07, 6.45) is 3.05. The van der Waals surface area contributed by atoms with Crippen molar-refractivity contribution >= 4 is 10.9 Å². The Morgan fingerprint density at radius 3 is 3.06 bits per heavy atom. The van der Waals surface area contributed by atoms with Crippen LogP contribution < -0.4 is 5.32 Å². The number of nitrogens with one attached hydrogen (secondary N) is 2. The van der Waals surface area contributed by atoms with E-state index in [4.69, 9.17) is 0 Å². The van der Waals surface area contributed by atoms with Gasteiger partial charge in [0.25, 0.3) is 0 Å². The third-order valence-corrected chi connectivity index (χ3v) is 2.83. The van der Waals surface area contributed by atoms with Gasteiger partial charge in [0.05, 0.1) is 0 Å². The molecule has 0 aliphatic heterocycles. The third-order valence-electron chi connectivity index (χ3n) is 2.83. The smallest absolute Gasteiger partial charge is 0.0463 e. The van der Waals surface area contributed by atoms with Gasteiger partial charge in [0, 0.05) is 29.7 Å². The van der Waals surface area contributed by atoms with Crippen LogP contribution in [0, 0.1) is 6.07 Å². The van der Waals surface area contributed by atoms with Gasteiger partial charge in [0.15, 0.2) is 0 Å². The average Bonchev–Trinajstić information content (AvgIpc) is 2.75. The van der Waals surface area contributed by atoms with E-state index in [-0.39, 0.29) is 0 Å². The van der Waals surface area contributed by atoms with Gasteiger partial charge in [-0.3, -0.25) is 0 Å². The van der Waals surface area contributed by atoms with Crippen LogP contribution in [0.3, 0.4) is 0 Å². The van der Waals surface area contributed by atoms with E-state index in [0.29, 0.717) is 0 Å². The molecular formula is C14H20N3. The number of hydrogen-bond donors (Lipinski definition) is 2. The lowest BCUT2D eigenvalue weighted by Gasteiger charge is -2.09. The van der Waals surface area contributed by atoms with Crippen molar-refractivity contribution in [2.45, 2.75) is 13.0 Å². The Bertz CT molecular complexity index is 459. The summed E-state index contributed by atoms with van der Waals surface area (Å²) in [5, 5.41) is 4.62. The van der Waals surface area contributed by atoms with Crippen molar-refractivity contribution in [1.82, 2.24) is 15.2 Å². The minimum atomic E-state index is 0.933. The minimum Gasteiger partial charge on any atom is -0.361 e. The van der Waals surface area contributed by atoms with Crippen molar-refractivity contribution in [1.29, 1.82) is 0 Å². The standard InChI is InChI=1S/C14H20N3/c1-17(2)9-3-7-15-11-12-4-5-13-6-8-16-14(13)10-12/h4-5,8,10,15-16H,3,7,9,11H2,1-2H3. The Hall–Kier alpha value is -1.32. The number of rotatable bonds is 6. The molecule has 91 valence electrons. The summed E-state index contributed by atoms with van der Waals surface area (Å²) in [7, 11) is 4.21. The lowest BCUT2D eigenvalue weighted by atomic mass is 10.1. The van der Waals surface area contributed by atoms with E-state index in [1.165, 1.54) is 12.0 Å². The summed E-state index contributed by atoms with van der Waals surface area (Å²) >= 11 is 0. The monoisotopic (exact) mass is 230 g/mol. The number of nitrogens with zero attached hydrogens (tertiary/aromatic N) is 1. The quantitative estimate of drug-likeness (QED) is 0.744. The Labute approximate surface area is 103 Å². The highest BCUT2D eigenvalue weighted by Gasteiger charge is 1.97. The zero-order valence-electron chi connectivity index (χ0n) is 10.6. The molecule has 0 saturated heterocycles. The first-order valence-electron chi connectivity index (χ1n) is 6.09. The molecule has 0 bridgehead atoms. The Balaban J connectivity index is 1.78. The number of benzene rings is 1. The van der Waals surface area contributed by atoms with Crippen molar-refractivity contribution in [2.24, 2.45) is 0 Å². The maximum atomic E-state index is 3.46. The second-order valence-corrected chi connectivity index (χ2v) is 4.65. The largest absolute Gasteiger partial charge is 0.361 e. The highest BCUT2D eigenvalue weighted by atomic mass is 15.0. The second-order valence-electron chi connectivity index (χ2n) is 4.65. The molecule has 1 aromatic carbocycles. The maximum Gasteiger partial charge on any atom is 0.0463 e. The molecule has 0 atom stereocenters. The van der Waals surface area contributed by atoms with Crippen molar-refractivity contribution < 1.29 is 0 Å². The molecule has 2 N–H and O–H groups in total. The van der Waals surface area contributed by atoms with Gasteiger partial charge < -0.3 is 15.2 Å². The van der Waals surface area contributed by atoms with Gasteiger partial charge in [-0.15, -0.1) is 0 Å². The summed E-state index contributed by atoms with van der Waals surface area (Å²) in [6.45, 7) is 3.13. The predicted molar refractivity (Wildman–Crippen MR) is 72.0 cm³/mol. The fraction of sp³-hybridized carbons (Fsp3) is 0.429. The van der Waals surface area contributed by atoms with Crippen LogP contribution in [0.4, 0.5) is 0 Å². The molecule has 0 spiro atoms. The highest BCUT2D eigenvalue weighted by Crippen LogP contribution is 2.13. The zero-order valence-corrected chi connectivity index (χ0v) is 10.6. The fourth-order valence-electron chi connectivity index (χ4n) is 1.89. The van der Waals surface area contributed by atoms with Gasteiger partial charge in [0.2, 0.25) is 0 Å². The van der Waals surface area contributed by atoms with Crippen LogP contribution in [-0.4, -0.2) is 37.1 Å². The van der Waals surface area contributed by atoms with E-state index in [1.54, 1.807) is 0 Å².